The molecule has 0 bridgehead atoms. The molecule has 0 aromatic rings. The average Bonchev–Trinajstić information content (AvgIpc) is 2.37. The van der Waals surface area contributed by atoms with Gasteiger partial charge in [0, 0.05) is 13.0 Å². The molecule has 0 N–H and O–H groups in total. The quantitative estimate of drug-likeness (QED) is 0.725. The predicted octanol–water partition coefficient (Wildman–Crippen LogP) is 1.23. The van der Waals surface area contributed by atoms with Gasteiger partial charge < -0.3 is 14.2 Å². The first-order valence-corrected chi connectivity index (χ1v) is 7.06. The molecule has 2 aliphatic rings. The summed E-state index contributed by atoms with van der Waals surface area (Å²) in [5.74, 6) is -0.170. The Hall–Kier alpha value is -1.14. The van der Waals surface area contributed by atoms with E-state index in [9.17, 15) is 9.59 Å². The van der Waals surface area contributed by atoms with E-state index in [1.165, 1.54) is 0 Å². The highest BCUT2D eigenvalue weighted by Gasteiger charge is 2.40. The first-order valence-electron chi connectivity index (χ1n) is 7.06. The van der Waals surface area contributed by atoms with Gasteiger partial charge in [-0.2, -0.15) is 0 Å². The van der Waals surface area contributed by atoms with E-state index >= 15 is 0 Å². The number of carbonyl (C=O) groups is 2. The number of hydrogen-bond donors (Lipinski definition) is 0. The van der Waals surface area contributed by atoms with E-state index in [4.69, 9.17) is 14.2 Å². The van der Waals surface area contributed by atoms with Crippen LogP contribution in [0.4, 0.5) is 4.79 Å². The molecule has 6 nitrogen and oxygen atoms in total. The number of amides is 1. The molecule has 0 spiro atoms. The Morgan fingerprint density at radius 1 is 1.25 bits per heavy atom. The molecule has 6 heteroatoms. The van der Waals surface area contributed by atoms with Crippen LogP contribution in [-0.2, 0) is 19.0 Å². The van der Waals surface area contributed by atoms with E-state index in [0.717, 1.165) is 0 Å². The minimum absolute atomic E-state index is 0.139. The lowest BCUT2D eigenvalue weighted by atomic mass is 9.91. The number of Topliss-reactive ketones (excluding diaryl/α,β-unsaturated/α-hetero) is 1. The summed E-state index contributed by atoms with van der Waals surface area (Å²) >= 11 is 0. The number of nitrogens with zero attached hydrogens (tertiary/aromatic N) is 1. The summed E-state index contributed by atoms with van der Waals surface area (Å²) in [6, 6.07) is -0.286. The molecule has 2 rings (SSSR count). The Morgan fingerprint density at radius 2 is 1.95 bits per heavy atom. The lowest BCUT2D eigenvalue weighted by Gasteiger charge is -2.40. The van der Waals surface area contributed by atoms with Crippen LogP contribution in [0.15, 0.2) is 0 Å². The van der Waals surface area contributed by atoms with Gasteiger partial charge in [0.15, 0.2) is 0 Å². The summed E-state index contributed by atoms with van der Waals surface area (Å²) in [5.41, 5.74) is -0.549. The highest BCUT2D eigenvalue weighted by Crippen LogP contribution is 2.23. The Labute approximate surface area is 119 Å². The fourth-order valence-electron chi connectivity index (χ4n) is 2.49. The Bertz CT molecular complexity index is 376. The average molecular weight is 285 g/mol. The second-order valence-electron chi connectivity index (χ2n) is 6.21. The lowest BCUT2D eigenvalue weighted by molar-refractivity contribution is -0.138. The van der Waals surface area contributed by atoms with Crippen molar-refractivity contribution in [1.82, 2.24) is 4.90 Å². The molecule has 1 amide bonds. The largest absolute Gasteiger partial charge is 0.444 e. The van der Waals surface area contributed by atoms with Crippen LogP contribution in [0.25, 0.3) is 0 Å². The van der Waals surface area contributed by atoms with Crippen molar-refractivity contribution in [3.8, 4) is 0 Å². The smallest absolute Gasteiger partial charge is 0.410 e. The van der Waals surface area contributed by atoms with Gasteiger partial charge in [-0.15, -0.1) is 0 Å². The third kappa shape index (κ3) is 3.70. The van der Waals surface area contributed by atoms with Gasteiger partial charge in [0.2, 0.25) is 0 Å². The SMILES string of the molecule is CC(C)(C)OC(=O)N1CCOCC1C1COCCC1=O. The van der Waals surface area contributed by atoms with Crippen LogP contribution in [0.2, 0.25) is 0 Å². The fourth-order valence-corrected chi connectivity index (χ4v) is 2.49. The van der Waals surface area contributed by atoms with Crippen molar-refractivity contribution >= 4 is 11.9 Å². The molecule has 0 saturated carbocycles. The molecule has 20 heavy (non-hydrogen) atoms. The fraction of sp³-hybridized carbons (Fsp3) is 0.857. The maximum Gasteiger partial charge on any atom is 0.410 e. The number of rotatable bonds is 1. The molecule has 114 valence electrons. The van der Waals surface area contributed by atoms with Crippen molar-refractivity contribution in [3.05, 3.63) is 0 Å². The summed E-state index contributed by atoms with van der Waals surface area (Å²) in [6.45, 7) is 7.58. The van der Waals surface area contributed by atoms with Crippen molar-refractivity contribution in [3.63, 3.8) is 0 Å². The van der Waals surface area contributed by atoms with Crippen LogP contribution in [-0.4, -0.2) is 61.4 Å². The van der Waals surface area contributed by atoms with Gasteiger partial charge in [0.1, 0.15) is 11.4 Å². The van der Waals surface area contributed by atoms with Crippen LogP contribution < -0.4 is 0 Å². The Kier molecular flexibility index (Phi) is 4.65. The van der Waals surface area contributed by atoms with E-state index in [2.05, 4.69) is 0 Å². The predicted molar refractivity (Wildman–Crippen MR) is 71.5 cm³/mol. The van der Waals surface area contributed by atoms with Gasteiger partial charge in [-0.1, -0.05) is 0 Å². The standard InChI is InChI=1S/C14H23NO5/c1-14(2,3)20-13(17)15-5-7-19-9-11(15)10-8-18-6-4-12(10)16/h10-11H,4-9H2,1-3H3. The van der Waals surface area contributed by atoms with E-state index in [1.807, 2.05) is 20.8 Å². The van der Waals surface area contributed by atoms with Gasteiger partial charge in [0.05, 0.1) is 38.4 Å². The van der Waals surface area contributed by atoms with Gasteiger partial charge in [-0.25, -0.2) is 4.79 Å². The number of ether oxygens (including phenoxy) is 3. The maximum atomic E-state index is 12.3. The second-order valence-corrected chi connectivity index (χ2v) is 6.21. The minimum atomic E-state index is -0.549. The summed E-state index contributed by atoms with van der Waals surface area (Å²) in [5, 5.41) is 0. The van der Waals surface area contributed by atoms with Gasteiger partial charge in [0.25, 0.3) is 0 Å². The maximum absolute atomic E-state index is 12.3. The molecule has 2 unspecified atom stereocenters. The van der Waals surface area contributed by atoms with Crippen LogP contribution in [0.1, 0.15) is 27.2 Å². The molecule has 2 atom stereocenters. The van der Waals surface area contributed by atoms with Crippen LogP contribution in [0.3, 0.4) is 0 Å². The summed E-state index contributed by atoms with van der Waals surface area (Å²) in [4.78, 5) is 25.9. The lowest BCUT2D eigenvalue weighted by Crippen LogP contribution is -2.56. The molecular weight excluding hydrogens is 262 g/mol. The molecule has 0 aromatic heterocycles. The summed E-state index contributed by atoms with van der Waals surface area (Å²) in [6.07, 6.45) is 0.0211. The summed E-state index contributed by atoms with van der Waals surface area (Å²) < 4.78 is 16.2. The van der Waals surface area contributed by atoms with Crippen molar-refractivity contribution in [2.24, 2.45) is 5.92 Å². The van der Waals surface area contributed by atoms with E-state index in [-0.39, 0.29) is 23.8 Å². The van der Waals surface area contributed by atoms with E-state index in [1.54, 1.807) is 4.90 Å². The molecular formula is C14H23NO5. The molecule has 0 radical (unpaired) electrons. The van der Waals surface area contributed by atoms with Gasteiger partial charge in [-0.3, -0.25) is 9.69 Å². The van der Waals surface area contributed by atoms with Gasteiger partial charge >= 0.3 is 6.09 Å². The normalized spacial score (nSPS) is 28.4. The van der Waals surface area contributed by atoms with Gasteiger partial charge in [-0.05, 0) is 20.8 Å². The molecule has 2 saturated heterocycles. The highest BCUT2D eigenvalue weighted by atomic mass is 16.6. The van der Waals surface area contributed by atoms with Crippen molar-refractivity contribution in [2.75, 3.05) is 33.0 Å². The minimum Gasteiger partial charge on any atom is -0.444 e. The Morgan fingerprint density at radius 3 is 2.60 bits per heavy atom. The molecule has 0 aliphatic carbocycles. The van der Waals surface area contributed by atoms with E-state index in [0.29, 0.717) is 39.4 Å². The topological polar surface area (TPSA) is 65.1 Å². The number of carbonyl (C=O) groups excluding carboxylic acids is 2. The zero-order valence-electron chi connectivity index (χ0n) is 12.4. The third-order valence-electron chi connectivity index (χ3n) is 3.46. The van der Waals surface area contributed by atoms with Crippen molar-refractivity contribution < 1.29 is 23.8 Å². The van der Waals surface area contributed by atoms with Crippen molar-refractivity contribution in [1.29, 1.82) is 0 Å². The molecule has 2 heterocycles. The Balaban J connectivity index is 2.08. The molecule has 0 aromatic carbocycles. The zero-order valence-corrected chi connectivity index (χ0v) is 12.4. The molecule has 2 aliphatic heterocycles. The molecule has 2 fully saturated rings. The second kappa shape index (κ2) is 6.10. The summed E-state index contributed by atoms with van der Waals surface area (Å²) in [7, 11) is 0. The van der Waals surface area contributed by atoms with E-state index < -0.39 is 5.60 Å². The number of ketones is 1. The third-order valence-corrected chi connectivity index (χ3v) is 3.46. The zero-order chi connectivity index (χ0) is 14.8. The van der Waals surface area contributed by atoms with Crippen molar-refractivity contribution in [2.45, 2.75) is 38.8 Å². The van der Waals surface area contributed by atoms with Crippen LogP contribution in [0, 0.1) is 5.92 Å². The number of morpholine rings is 1. The first-order chi connectivity index (χ1) is 9.38. The highest BCUT2D eigenvalue weighted by molar-refractivity contribution is 5.83. The monoisotopic (exact) mass is 285 g/mol. The van der Waals surface area contributed by atoms with Crippen LogP contribution in [0.5, 0.6) is 0 Å². The number of hydrogen-bond acceptors (Lipinski definition) is 5. The van der Waals surface area contributed by atoms with Crippen LogP contribution >= 0.6 is 0 Å². The first kappa shape index (κ1) is 15.3.